The molecule has 0 fully saturated rings. The van der Waals surface area contributed by atoms with Crippen LogP contribution in [0.15, 0.2) is 18.2 Å². The Morgan fingerprint density at radius 3 is 2.61 bits per heavy atom. The number of benzene rings is 1. The van der Waals surface area contributed by atoms with Crippen molar-refractivity contribution in [1.29, 1.82) is 0 Å². The zero-order valence-corrected chi connectivity index (χ0v) is 12.3. The summed E-state index contributed by atoms with van der Waals surface area (Å²) in [5.41, 5.74) is 1.17. The molecule has 0 saturated carbocycles. The quantitative estimate of drug-likeness (QED) is 0.857. The number of rotatable bonds is 6. The van der Waals surface area contributed by atoms with Crippen molar-refractivity contribution in [2.24, 2.45) is 0 Å². The van der Waals surface area contributed by atoms with Gasteiger partial charge in [-0.25, -0.2) is 4.39 Å². The molecule has 1 aromatic rings. The largest absolute Gasteiger partial charge is 0.389 e. The van der Waals surface area contributed by atoms with Crippen molar-refractivity contribution in [2.45, 2.75) is 32.4 Å². The molecule has 0 bridgehead atoms. The summed E-state index contributed by atoms with van der Waals surface area (Å²) in [6.07, 6.45) is 2.26. The van der Waals surface area contributed by atoms with Gasteiger partial charge < -0.3 is 10.0 Å². The summed E-state index contributed by atoms with van der Waals surface area (Å²) in [6, 6.07) is 5.31. The van der Waals surface area contributed by atoms with E-state index in [4.69, 9.17) is 0 Å². The van der Waals surface area contributed by atoms with E-state index in [-0.39, 0.29) is 5.82 Å². The summed E-state index contributed by atoms with van der Waals surface area (Å²) in [5, 5.41) is 9.75. The Hall–Kier alpha value is -0.740. The van der Waals surface area contributed by atoms with Gasteiger partial charge in [-0.05, 0) is 31.7 Å². The first-order valence-corrected chi connectivity index (χ1v) is 7.60. The van der Waals surface area contributed by atoms with E-state index in [1.807, 2.05) is 13.1 Å². The molecule has 102 valence electrons. The molecule has 1 unspecified atom stereocenters. The average Bonchev–Trinajstić information content (AvgIpc) is 2.34. The van der Waals surface area contributed by atoms with Crippen LogP contribution in [0.3, 0.4) is 0 Å². The molecule has 18 heavy (non-hydrogen) atoms. The summed E-state index contributed by atoms with van der Waals surface area (Å²) in [7, 11) is 1.96. The Labute approximate surface area is 113 Å². The topological polar surface area (TPSA) is 23.5 Å². The lowest BCUT2D eigenvalue weighted by Gasteiger charge is -2.31. The Morgan fingerprint density at radius 1 is 1.44 bits per heavy atom. The van der Waals surface area contributed by atoms with Crippen molar-refractivity contribution in [3.63, 3.8) is 0 Å². The third-order valence-electron chi connectivity index (χ3n) is 3.21. The lowest BCUT2D eigenvalue weighted by Crippen LogP contribution is -2.34. The Morgan fingerprint density at radius 2 is 2.11 bits per heavy atom. The van der Waals surface area contributed by atoms with Crippen LogP contribution < -0.4 is 4.90 Å². The monoisotopic (exact) mass is 271 g/mol. The third kappa shape index (κ3) is 3.39. The van der Waals surface area contributed by atoms with Gasteiger partial charge in [0, 0.05) is 30.1 Å². The van der Waals surface area contributed by atoms with Gasteiger partial charge in [-0.1, -0.05) is 13.0 Å². The van der Waals surface area contributed by atoms with Crippen molar-refractivity contribution in [1.82, 2.24) is 0 Å². The molecule has 0 radical (unpaired) electrons. The predicted octanol–water partition coefficient (Wildman–Crippen LogP) is 3.46. The van der Waals surface area contributed by atoms with Crippen LogP contribution in [0.5, 0.6) is 0 Å². The molecule has 0 spiro atoms. The van der Waals surface area contributed by atoms with E-state index in [0.29, 0.717) is 11.6 Å². The van der Waals surface area contributed by atoms with Crippen LogP contribution in [0.25, 0.3) is 0 Å². The van der Waals surface area contributed by atoms with Gasteiger partial charge in [-0.3, -0.25) is 0 Å². The number of anilines is 1. The fourth-order valence-electron chi connectivity index (χ4n) is 2.14. The molecule has 0 saturated heterocycles. The standard InChI is InChI=1S/C14H22FNOS/c1-5-11(9-18-4)16(3)13-8-6-7-12(15)14(13)10(2)17/h6-8,10-11,17H,5,9H2,1-4H3/t10-,11?/m1/s1. The summed E-state index contributed by atoms with van der Waals surface area (Å²) in [5.74, 6) is 0.649. The SMILES string of the molecule is CCC(CSC)N(C)c1cccc(F)c1[C@@H](C)O. The minimum atomic E-state index is -0.796. The lowest BCUT2D eigenvalue weighted by molar-refractivity contribution is 0.194. The number of halogens is 1. The van der Waals surface area contributed by atoms with Gasteiger partial charge in [0.25, 0.3) is 0 Å². The summed E-state index contributed by atoms with van der Waals surface area (Å²) in [6.45, 7) is 3.73. The van der Waals surface area contributed by atoms with E-state index >= 15 is 0 Å². The molecule has 4 heteroatoms. The molecule has 0 aliphatic heterocycles. The minimum Gasteiger partial charge on any atom is -0.389 e. The minimum absolute atomic E-state index is 0.339. The fourth-order valence-corrected chi connectivity index (χ4v) is 2.98. The first kappa shape index (κ1) is 15.3. The van der Waals surface area contributed by atoms with Crippen molar-refractivity contribution in [3.05, 3.63) is 29.6 Å². The Balaban J connectivity index is 3.11. The van der Waals surface area contributed by atoms with E-state index in [1.54, 1.807) is 24.8 Å². The average molecular weight is 271 g/mol. The fraction of sp³-hybridized carbons (Fsp3) is 0.571. The van der Waals surface area contributed by atoms with Crippen molar-refractivity contribution in [2.75, 3.05) is 24.0 Å². The highest BCUT2D eigenvalue weighted by Crippen LogP contribution is 2.30. The second kappa shape index (κ2) is 7.00. The lowest BCUT2D eigenvalue weighted by atomic mass is 10.1. The summed E-state index contributed by atoms with van der Waals surface area (Å²) < 4.78 is 13.8. The number of thioether (sulfide) groups is 1. The molecule has 2 nitrogen and oxygen atoms in total. The molecule has 1 rings (SSSR count). The van der Waals surface area contributed by atoms with E-state index in [9.17, 15) is 9.50 Å². The predicted molar refractivity (Wildman–Crippen MR) is 77.9 cm³/mol. The summed E-state index contributed by atoms with van der Waals surface area (Å²) in [4.78, 5) is 2.07. The van der Waals surface area contributed by atoms with Crippen LogP contribution >= 0.6 is 11.8 Å². The molecule has 1 aromatic carbocycles. The molecule has 0 heterocycles. The first-order valence-electron chi connectivity index (χ1n) is 6.21. The van der Waals surface area contributed by atoms with Crippen LogP contribution in [0.1, 0.15) is 31.9 Å². The molecule has 2 atom stereocenters. The second-order valence-electron chi connectivity index (χ2n) is 4.48. The molecule has 0 aromatic heterocycles. The second-order valence-corrected chi connectivity index (χ2v) is 5.39. The van der Waals surface area contributed by atoms with Crippen molar-refractivity contribution >= 4 is 17.4 Å². The van der Waals surface area contributed by atoms with E-state index in [0.717, 1.165) is 17.9 Å². The highest BCUT2D eigenvalue weighted by Gasteiger charge is 2.20. The maximum Gasteiger partial charge on any atom is 0.131 e. The van der Waals surface area contributed by atoms with E-state index in [1.165, 1.54) is 6.07 Å². The Kier molecular flexibility index (Phi) is 5.96. The van der Waals surface area contributed by atoms with Crippen molar-refractivity contribution in [3.8, 4) is 0 Å². The van der Waals surface area contributed by atoms with Gasteiger partial charge in [0.05, 0.1) is 6.10 Å². The third-order valence-corrected chi connectivity index (χ3v) is 3.92. The van der Waals surface area contributed by atoms with Crippen LogP contribution in [-0.4, -0.2) is 30.2 Å². The highest BCUT2D eigenvalue weighted by molar-refractivity contribution is 7.98. The van der Waals surface area contributed by atoms with Crippen LogP contribution in [0.2, 0.25) is 0 Å². The molecule has 0 aliphatic rings. The summed E-state index contributed by atoms with van der Waals surface area (Å²) >= 11 is 1.78. The van der Waals surface area contributed by atoms with Crippen LogP contribution in [0, 0.1) is 5.82 Å². The van der Waals surface area contributed by atoms with Crippen LogP contribution in [-0.2, 0) is 0 Å². The number of aliphatic hydroxyl groups is 1. The van der Waals surface area contributed by atoms with Gasteiger partial charge in [-0.2, -0.15) is 11.8 Å². The molecule has 0 amide bonds. The molecule has 0 aliphatic carbocycles. The highest BCUT2D eigenvalue weighted by atomic mass is 32.2. The number of hydrogen-bond acceptors (Lipinski definition) is 3. The maximum absolute atomic E-state index is 13.8. The maximum atomic E-state index is 13.8. The number of nitrogens with zero attached hydrogens (tertiary/aromatic N) is 1. The van der Waals surface area contributed by atoms with Gasteiger partial charge in [0.15, 0.2) is 0 Å². The van der Waals surface area contributed by atoms with Gasteiger partial charge >= 0.3 is 0 Å². The number of hydrogen-bond donors (Lipinski definition) is 1. The molecule has 1 N–H and O–H groups in total. The van der Waals surface area contributed by atoms with E-state index < -0.39 is 6.10 Å². The van der Waals surface area contributed by atoms with Crippen LogP contribution in [0.4, 0.5) is 10.1 Å². The van der Waals surface area contributed by atoms with Gasteiger partial charge in [-0.15, -0.1) is 0 Å². The zero-order chi connectivity index (χ0) is 13.7. The Bertz CT molecular complexity index is 384. The zero-order valence-electron chi connectivity index (χ0n) is 11.5. The van der Waals surface area contributed by atoms with Gasteiger partial charge in [0.1, 0.15) is 5.82 Å². The van der Waals surface area contributed by atoms with Crippen molar-refractivity contribution < 1.29 is 9.50 Å². The first-order chi connectivity index (χ1) is 8.52. The smallest absolute Gasteiger partial charge is 0.131 e. The normalized spacial score (nSPS) is 14.3. The number of aliphatic hydroxyl groups excluding tert-OH is 1. The van der Waals surface area contributed by atoms with Gasteiger partial charge in [0.2, 0.25) is 0 Å². The molecular formula is C14H22FNOS. The molecular weight excluding hydrogens is 249 g/mol. The van der Waals surface area contributed by atoms with E-state index in [2.05, 4.69) is 18.1 Å².